The average molecular weight is 460 g/mol. The molecular formula is C25H25N5O4. The summed E-state index contributed by atoms with van der Waals surface area (Å²) in [5.41, 5.74) is 1.71. The molecule has 0 saturated heterocycles. The van der Waals surface area contributed by atoms with Crippen molar-refractivity contribution in [1.82, 2.24) is 19.7 Å². The number of urea groups is 1. The van der Waals surface area contributed by atoms with Crippen molar-refractivity contribution in [3.8, 4) is 0 Å². The number of anilines is 1. The van der Waals surface area contributed by atoms with Crippen molar-refractivity contribution in [2.75, 3.05) is 11.9 Å². The number of ether oxygens (including phenoxy) is 1. The topological polar surface area (TPSA) is 107 Å². The summed E-state index contributed by atoms with van der Waals surface area (Å²) in [4.78, 5) is 42.6. The third-order valence-electron chi connectivity index (χ3n) is 5.32. The maximum absolute atomic E-state index is 13.1. The van der Waals surface area contributed by atoms with E-state index in [4.69, 9.17) is 4.74 Å². The molecule has 9 heteroatoms. The summed E-state index contributed by atoms with van der Waals surface area (Å²) in [7, 11) is 0. The summed E-state index contributed by atoms with van der Waals surface area (Å²) in [6, 6.07) is 19.7. The van der Waals surface area contributed by atoms with Crippen LogP contribution in [0.4, 0.5) is 15.4 Å². The minimum absolute atomic E-state index is 0.147. The zero-order valence-corrected chi connectivity index (χ0v) is 18.9. The van der Waals surface area contributed by atoms with Crippen molar-refractivity contribution >= 4 is 28.8 Å². The van der Waals surface area contributed by atoms with Gasteiger partial charge >= 0.3 is 12.1 Å². The minimum Gasteiger partial charge on any atom is -0.448 e. The molecule has 0 aliphatic carbocycles. The molecule has 2 heterocycles. The molecule has 0 bridgehead atoms. The smallest absolute Gasteiger partial charge is 0.433 e. The third-order valence-corrected chi connectivity index (χ3v) is 5.32. The third kappa shape index (κ3) is 4.83. The number of amides is 2. The Morgan fingerprint density at radius 2 is 1.74 bits per heavy atom. The zero-order valence-electron chi connectivity index (χ0n) is 18.9. The van der Waals surface area contributed by atoms with Crippen molar-refractivity contribution in [2.24, 2.45) is 0 Å². The lowest BCUT2D eigenvalue weighted by molar-refractivity contribution is 0.147. The number of nitrogens with one attached hydrogen (secondary N) is 2. The lowest BCUT2D eigenvalue weighted by Crippen LogP contribution is -2.31. The van der Waals surface area contributed by atoms with E-state index in [9.17, 15) is 14.4 Å². The van der Waals surface area contributed by atoms with Crippen molar-refractivity contribution in [3.63, 3.8) is 0 Å². The normalized spacial score (nSPS) is 11.7. The van der Waals surface area contributed by atoms with Gasteiger partial charge in [0.05, 0.1) is 30.1 Å². The first-order chi connectivity index (χ1) is 16.5. The second kappa shape index (κ2) is 10.0. The van der Waals surface area contributed by atoms with Gasteiger partial charge in [-0.15, -0.1) is 0 Å². The molecule has 0 aliphatic rings. The summed E-state index contributed by atoms with van der Waals surface area (Å²) in [6.07, 6.45) is 0.662. The number of carbonyl (C=O) groups excluding carboxylic acids is 2. The number of nitrogens with zero attached hydrogens (tertiary/aromatic N) is 3. The summed E-state index contributed by atoms with van der Waals surface area (Å²) < 4.78 is 7.69. The van der Waals surface area contributed by atoms with Crippen LogP contribution in [-0.2, 0) is 11.3 Å². The SMILES string of the molecule is CCOC(=O)n1c2cc(NC(=O)N[C@H](C)c3ccccc3)ncc2c(=O)n1Cc1ccccc1. The van der Waals surface area contributed by atoms with Gasteiger partial charge in [-0.05, 0) is 25.0 Å². The van der Waals surface area contributed by atoms with Crippen LogP contribution in [0.1, 0.15) is 31.0 Å². The predicted molar refractivity (Wildman–Crippen MR) is 129 cm³/mol. The largest absolute Gasteiger partial charge is 0.448 e. The fraction of sp³-hybridized carbons (Fsp3) is 0.200. The molecule has 2 amide bonds. The van der Waals surface area contributed by atoms with Gasteiger partial charge < -0.3 is 10.1 Å². The molecule has 2 N–H and O–H groups in total. The molecule has 0 aliphatic heterocycles. The molecule has 9 nitrogen and oxygen atoms in total. The van der Waals surface area contributed by atoms with E-state index in [0.29, 0.717) is 5.52 Å². The van der Waals surface area contributed by atoms with E-state index in [0.717, 1.165) is 11.1 Å². The molecule has 34 heavy (non-hydrogen) atoms. The van der Waals surface area contributed by atoms with Gasteiger partial charge in [0, 0.05) is 12.3 Å². The van der Waals surface area contributed by atoms with Crippen molar-refractivity contribution in [1.29, 1.82) is 0 Å². The molecule has 0 fully saturated rings. The van der Waals surface area contributed by atoms with Crippen LogP contribution in [0.5, 0.6) is 0 Å². The van der Waals surface area contributed by atoms with Crippen LogP contribution in [-0.4, -0.2) is 33.1 Å². The van der Waals surface area contributed by atoms with Crippen molar-refractivity contribution in [3.05, 3.63) is 94.4 Å². The number of benzene rings is 2. The predicted octanol–water partition coefficient (Wildman–Crippen LogP) is 4.13. The Hall–Kier alpha value is -4.40. The van der Waals surface area contributed by atoms with Crippen LogP contribution in [0, 0.1) is 0 Å². The number of hydrogen-bond donors (Lipinski definition) is 2. The highest BCUT2D eigenvalue weighted by Gasteiger charge is 2.21. The second-order valence-electron chi connectivity index (χ2n) is 7.68. The number of fused-ring (bicyclic) bond motifs is 1. The van der Waals surface area contributed by atoms with Gasteiger partial charge in [0.25, 0.3) is 5.56 Å². The van der Waals surface area contributed by atoms with E-state index in [1.54, 1.807) is 6.92 Å². The fourth-order valence-electron chi connectivity index (χ4n) is 3.67. The average Bonchev–Trinajstić information content (AvgIpc) is 3.11. The Kier molecular flexibility index (Phi) is 6.72. The van der Waals surface area contributed by atoms with E-state index in [1.807, 2.05) is 67.6 Å². The van der Waals surface area contributed by atoms with Crippen LogP contribution in [0.25, 0.3) is 10.9 Å². The van der Waals surface area contributed by atoms with Gasteiger partial charge in [0.2, 0.25) is 0 Å². The van der Waals surface area contributed by atoms with E-state index >= 15 is 0 Å². The Morgan fingerprint density at radius 1 is 1.06 bits per heavy atom. The monoisotopic (exact) mass is 459 g/mol. The molecule has 2 aromatic heterocycles. The van der Waals surface area contributed by atoms with E-state index in [2.05, 4.69) is 15.6 Å². The molecule has 2 aromatic carbocycles. The van der Waals surface area contributed by atoms with Crippen molar-refractivity contribution < 1.29 is 14.3 Å². The van der Waals surface area contributed by atoms with Gasteiger partial charge in [-0.25, -0.2) is 19.3 Å². The molecule has 0 spiro atoms. The van der Waals surface area contributed by atoms with Crippen LogP contribution in [0.15, 0.2) is 77.7 Å². The number of rotatable bonds is 6. The van der Waals surface area contributed by atoms with Crippen LogP contribution < -0.4 is 16.2 Å². The summed E-state index contributed by atoms with van der Waals surface area (Å²) >= 11 is 0. The van der Waals surface area contributed by atoms with Gasteiger partial charge in [-0.2, -0.15) is 4.68 Å². The first-order valence-electron chi connectivity index (χ1n) is 10.9. The summed E-state index contributed by atoms with van der Waals surface area (Å²) in [5.74, 6) is 0.195. The molecule has 1 atom stereocenters. The fourth-order valence-corrected chi connectivity index (χ4v) is 3.67. The quantitative estimate of drug-likeness (QED) is 0.451. The lowest BCUT2D eigenvalue weighted by Gasteiger charge is -2.15. The Labute approximate surface area is 196 Å². The Morgan fingerprint density at radius 3 is 2.41 bits per heavy atom. The van der Waals surface area contributed by atoms with Gasteiger partial charge in [-0.3, -0.25) is 10.1 Å². The Bertz CT molecular complexity index is 1360. The number of pyridine rings is 1. The highest BCUT2D eigenvalue weighted by Crippen LogP contribution is 2.17. The zero-order chi connectivity index (χ0) is 24.1. The lowest BCUT2D eigenvalue weighted by atomic mass is 10.1. The minimum atomic E-state index is -0.690. The van der Waals surface area contributed by atoms with Crippen LogP contribution in [0.2, 0.25) is 0 Å². The van der Waals surface area contributed by atoms with Crippen LogP contribution >= 0.6 is 0 Å². The maximum Gasteiger partial charge on any atom is 0.433 e. The summed E-state index contributed by atoms with van der Waals surface area (Å²) in [5, 5.41) is 5.76. The number of aromatic nitrogens is 3. The van der Waals surface area contributed by atoms with Gasteiger partial charge in [0.1, 0.15) is 5.82 Å². The van der Waals surface area contributed by atoms with Crippen molar-refractivity contribution in [2.45, 2.75) is 26.4 Å². The van der Waals surface area contributed by atoms with Gasteiger partial charge in [-0.1, -0.05) is 60.7 Å². The molecular weight excluding hydrogens is 434 g/mol. The number of carbonyl (C=O) groups is 2. The molecule has 174 valence electrons. The Balaban J connectivity index is 1.65. The molecule has 4 rings (SSSR count). The molecule has 0 saturated carbocycles. The van der Waals surface area contributed by atoms with E-state index in [1.165, 1.54) is 21.6 Å². The second-order valence-corrected chi connectivity index (χ2v) is 7.68. The summed E-state index contributed by atoms with van der Waals surface area (Å²) in [6.45, 7) is 3.88. The maximum atomic E-state index is 13.1. The number of hydrogen-bond acceptors (Lipinski definition) is 5. The highest BCUT2D eigenvalue weighted by atomic mass is 16.6. The van der Waals surface area contributed by atoms with E-state index < -0.39 is 12.1 Å². The van der Waals surface area contributed by atoms with Crippen LogP contribution in [0.3, 0.4) is 0 Å². The van der Waals surface area contributed by atoms with E-state index in [-0.39, 0.29) is 36.0 Å². The highest BCUT2D eigenvalue weighted by molar-refractivity contribution is 5.93. The first-order valence-corrected chi connectivity index (χ1v) is 10.9. The molecule has 4 aromatic rings. The first kappa shape index (κ1) is 22.8. The molecule has 0 unspecified atom stereocenters. The molecule has 0 radical (unpaired) electrons. The van der Waals surface area contributed by atoms with Gasteiger partial charge in [0.15, 0.2) is 0 Å². The standard InChI is InChI=1S/C25H25N5O4/c1-3-34-25(33)30-21-14-22(28-24(32)27-17(2)19-12-8-5-9-13-19)26-15-20(21)23(31)29(30)16-18-10-6-4-7-11-18/h4-15,17H,3,16H2,1-2H3,(H2,26,27,28,32)/t17-/m1/s1.